The van der Waals surface area contributed by atoms with Gasteiger partial charge < -0.3 is 4.74 Å². The Morgan fingerprint density at radius 2 is 2.04 bits per heavy atom. The predicted molar refractivity (Wildman–Crippen MR) is 95.9 cm³/mol. The lowest BCUT2D eigenvalue weighted by Crippen LogP contribution is -2.44. The summed E-state index contributed by atoms with van der Waals surface area (Å²) >= 11 is 3.34. The van der Waals surface area contributed by atoms with Crippen LogP contribution in [0.3, 0.4) is 0 Å². The minimum atomic E-state index is -0.570. The van der Waals surface area contributed by atoms with E-state index in [2.05, 4.69) is 20.9 Å². The Labute approximate surface area is 151 Å². The molecule has 0 aromatic carbocycles. The van der Waals surface area contributed by atoms with Gasteiger partial charge in [0.05, 0.1) is 18.2 Å². The van der Waals surface area contributed by atoms with Crippen LogP contribution in [0.4, 0.5) is 4.79 Å². The summed E-state index contributed by atoms with van der Waals surface area (Å²) in [5, 5.41) is 0. The van der Waals surface area contributed by atoms with Gasteiger partial charge in [0.25, 0.3) is 0 Å². The summed E-state index contributed by atoms with van der Waals surface area (Å²) in [5.41, 5.74) is 1.15. The summed E-state index contributed by atoms with van der Waals surface area (Å²) in [6.07, 6.45) is 0.483. The van der Waals surface area contributed by atoms with Gasteiger partial charge in [-0.3, -0.25) is 9.69 Å². The highest BCUT2D eigenvalue weighted by Gasteiger charge is 2.39. The maximum atomic E-state index is 12.8. The van der Waals surface area contributed by atoms with E-state index in [4.69, 9.17) is 4.74 Å². The van der Waals surface area contributed by atoms with Crippen LogP contribution in [0, 0.1) is 12.8 Å². The zero-order valence-electron chi connectivity index (χ0n) is 14.9. The number of carbonyl (C=O) groups is 2. The van der Waals surface area contributed by atoms with E-state index in [1.807, 2.05) is 46.8 Å². The molecule has 2 heterocycles. The minimum Gasteiger partial charge on any atom is -0.444 e. The van der Waals surface area contributed by atoms with E-state index in [9.17, 15) is 9.59 Å². The third kappa shape index (κ3) is 4.79. The molecule has 0 bridgehead atoms. The molecule has 0 N–H and O–H groups in total. The second-order valence-corrected chi connectivity index (χ2v) is 8.34. The number of amides is 1. The number of aromatic nitrogens is 1. The van der Waals surface area contributed by atoms with Gasteiger partial charge in [0.2, 0.25) is 0 Å². The Hall–Kier alpha value is -1.43. The standard InChI is InChI=1S/C18H25BrN2O3/c1-11-8-14(21(10-11)17(23)24-18(3,4)5)15(22)9-13-12(2)6-7-16(19)20-13/h6-7,11,14H,8-10H2,1-5H3/t11-,14-/m0/s1. The van der Waals surface area contributed by atoms with Crippen molar-refractivity contribution in [3.8, 4) is 0 Å². The summed E-state index contributed by atoms with van der Waals surface area (Å²) in [6, 6.07) is 3.35. The zero-order valence-corrected chi connectivity index (χ0v) is 16.5. The average Bonchev–Trinajstić information content (AvgIpc) is 2.83. The Morgan fingerprint density at radius 1 is 1.38 bits per heavy atom. The van der Waals surface area contributed by atoms with E-state index in [1.165, 1.54) is 0 Å². The fourth-order valence-corrected chi connectivity index (χ4v) is 3.23. The quantitative estimate of drug-likeness (QED) is 0.726. The van der Waals surface area contributed by atoms with E-state index in [0.717, 1.165) is 11.3 Å². The topological polar surface area (TPSA) is 59.5 Å². The van der Waals surface area contributed by atoms with Crippen LogP contribution in [0.1, 0.15) is 45.4 Å². The Bertz CT molecular complexity index is 640. The van der Waals surface area contributed by atoms with Crippen molar-refractivity contribution in [1.82, 2.24) is 9.88 Å². The monoisotopic (exact) mass is 396 g/mol. The van der Waals surface area contributed by atoms with Crippen molar-refractivity contribution >= 4 is 27.8 Å². The number of ether oxygens (including phenoxy) is 1. The smallest absolute Gasteiger partial charge is 0.410 e. The molecule has 2 rings (SSSR count). The number of rotatable bonds is 3. The minimum absolute atomic E-state index is 0.0129. The van der Waals surface area contributed by atoms with Crippen molar-refractivity contribution < 1.29 is 14.3 Å². The lowest BCUT2D eigenvalue weighted by atomic mass is 10.00. The molecule has 0 saturated carbocycles. The largest absolute Gasteiger partial charge is 0.444 e. The molecule has 1 aliphatic rings. The van der Waals surface area contributed by atoms with E-state index in [-0.39, 0.29) is 18.1 Å². The first-order valence-electron chi connectivity index (χ1n) is 8.21. The molecule has 5 nitrogen and oxygen atoms in total. The van der Waals surface area contributed by atoms with Crippen LogP contribution in [-0.4, -0.2) is 39.9 Å². The highest BCUT2D eigenvalue weighted by Crippen LogP contribution is 2.27. The van der Waals surface area contributed by atoms with Crippen molar-refractivity contribution in [2.45, 2.75) is 59.1 Å². The average molecular weight is 397 g/mol. The second kappa shape index (κ2) is 7.21. The number of hydrogen-bond acceptors (Lipinski definition) is 4. The van der Waals surface area contributed by atoms with Crippen molar-refractivity contribution in [1.29, 1.82) is 0 Å². The molecule has 1 aromatic rings. The maximum absolute atomic E-state index is 12.8. The Kier molecular flexibility index (Phi) is 5.68. The molecule has 0 spiro atoms. The van der Waals surface area contributed by atoms with Gasteiger partial charge >= 0.3 is 6.09 Å². The molecular weight excluding hydrogens is 372 g/mol. The van der Waals surface area contributed by atoms with E-state index in [0.29, 0.717) is 17.6 Å². The van der Waals surface area contributed by atoms with Gasteiger partial charge in [-0.25, -0.2) is 9.78 Å². The summed E-state index contributed by atoms with van der Waals surface area (Å²) in [5.74, 6) is 0.293. The van der Waals surface area contributed by atoms with E-state index < -0.39 is 17.7 Å². The first kappa shape index (κ1) is 18.9. The van der Waals surface area contributed by atoms with Crippen LogP contribution in [0.2, 0.25) is 0 Å². The molecule has 0 aliphatic carbocycles. The summed E-state index contributed by atoms with van der Waals surface area (Å²) in [7, 11) is 0. The first-order chi connectivity index (χ1) is 11.1. The second-order valence-electron chi connectivity index (χ2n) is 7.53. The summed E-state index contributed by atoms with van der Waals surface area (Å²) in [6.45, 7) is 10.0. The number of hydrogen-bond donors (Lipinski definition) is 0. The molecule has 0 unspecified atom stereocenters. The third-order valence-corrected chi connectivity index (χ3v) is 4.46. The van der Waals surface area contributed by atoms with Gasteiger partial charge in [0.15, 0.2) is 5.78 Å². The van der Waals surface area contributed by atoms with Crippen LogP contribution >= 0.6 is 15.9 Å². The number of likely N-dealkylation sites (tertiary alicyclic amines) is 1. The van der Waals surface area contributed by atoms with Crippen LogP contribution < -0.4 is 0 Å². The molecule has 24 heavy (non-hydrogen) atoms. The van der Waals surface area contributed by atoms with Gasteiger partial charge in [0.1, 0.15) is 10.2 Å². The Morgan fingerprint density at radius 3 is 2.67 bits per heavy atom. The summed E-state index contributed by atoms with van der Waals surface area (Å²) in [4.78, 5) is 31.2. The number of carbonyl (C=O) groups excluding carboxylic acids is 2. The highest BCUT2D eigenvalue weighted by molar-refractivity contribution is 9.10. The SMILES string of the molecule is Cc1ccc(Br)nc1CC(=O)[C@@H]1C[C@H](C)CN1C(=O)OC(C)(C)C. The van der Waals surface area contributed by atoms with Crippen LogP contribution in [0.25, 0.3) is 0 Å². The fraction of sp³-hybridized carbons (Fsp3) is 0.611. The van der Waals surface area contributed by atoms with E-state index >= 15 is 0 Å². The molecule has 6 heteroatoms. The van der Waals surface area contributed by atoms with Crippen molar-refractivity contribution in [3.05, 3.63) is 28.0 Å². The third-order valence-electron chi connectivity index (χ3n) is 4.02. The normalized spacial score (nSPS) is 21.0. The number of Topliss-reactive ketones (excluding diaryl/α,β-unsaturated/α-hetero) is 1. The number of pyridine rings is 1. The van der Waals surface area contributed by atoms with Crippen LogP contribution in [0.5, 0.6) is 0 Å². The van der Waals surface area contributed by atoms with Gasteiger partial charge in [0, 0.05) is 6.54 Å². The molecule has 0 radical (unpaired) electrons. The number of aryl methyl sites for hydroxylation is 1. The molecule has 1 aromatic heterocycles. The maximum Gasteiger partial charge on any atom is 0.410 e. The number of ketones is 1. The number of halogens is 1. The molecule has 1 fully saturated rings. The van der Waals surface area contributed by atoms with Gasteiger partial charge in [-0.2, -0.15) is 0 Å². The van der Waals surface area contributed by atoms with Crippen molar-refractivity contribution in [2.24, 2.45) is 5.92 Å². The van der Waals surface area contributed by atoms with Gasteiger partial charge in [-0.05, 0) is 67.6 Å². The molecule has 1 saturated heterocycles. The Balaban J connectivity index is 2.14. The fourth-order valence-electron chi connectivity index (χ4n) is 2.88. The highest BCUT2D eigenvalue weighted by atomic mass is 79.9. The summed E-state index contributed by atoms with van der Waals surface area (Å²) < 4.78 is 6.16. The van der Waals surface area contributed by atoms with Crippen molar-refractivity contribution in [2.75, 3.05) is 6.54 Å². The molecule has 132 valence electrons. The molecule has 1 aliphatic heterocycles. The van der Waals surface area contributed by atoms with Crippen molar-refractivity contribution in [3.63, 3.8) is 0 Å². The lowest BCUT2D eigenvalue weighted by molar-refractivity contribution is -0.122. The van der Waals surface area contributed by atoms with Gasteiger partial charge in [-0.15, -0.1) is 0 Å². The van der Waals surface area contributed by atoms with Gasteiger partial charge in [-0.1, -0.05) is 13.0 Å². The predicted octanol–water partition coefficient (Wildman–Crippen LogP) is 3.91. The van der Waals surface area contributed by atoms with E-state index in [1.54, 1.807) is 4.90 Å². The zero-order chi connectivity index (χ0) is 18.1. The molecule has 2 atom stereocenters. The molecule has 1 amide bonds. The van der Waals surface area contributed by atoms with Crippen LogP contribution in [0.15, 0.2) is 16.7 Å². The first-order valence-corrected chi connectivity index (χ1v) is 9.00. The lowest BCUT2D eigenvalue weighted by Gasteiger charge is -2.28. The molecular formula is C18H25BrN2O3. The number of nitrogens with zero attached hydrogens (tertiary/aromatic N) is 2. The van der Waals surface area contributed by atoms with Crippen LogP contribution in [-0.2, 0) is 16.0 Å².